The lowest BCUT2D eigenvalue weighted by Gasteiger charge is -2.15. The molecule has 0 aliphatic carbocycles. The molecular weight excluding hydrogens is 202 g/mol. The van der Waals surface area contributed by atoms with E-state index in [4.69, 9.17) is 15.2 Å². The standard InChI is InChI=1S/C13H19NO2/c1-10-3-2-4-11(7-10)8-12(14)9-13-15-5-6-16-13/h2-4,7,12-13H,5-6,8-9,14H2,1H3. The first-order valence-electron chi connectivity index (χ1n) is 5.78. The minimum absolute atomic E-state index is 0.0974. The molecule has 2 N–H and O–H groups in total. The molecule has 1 heterocycles. The molecule has 1 aliphatic rings. The van der Waals surface area contributed by atoms with E-state index >= 15 is 0 Å². The summed E-state index contributed by atoms with van der Waals surface area (Å²) in [4.78, 5) is 0. The lowest BCUT2D eigenvalue weighted by molar-refractivity contribution is -0.0504. The first-order valence-corrected chi connectivity index (χ1v) is 5.78. The summed E-state index contributed by atoms with van der Waals surface area (Å²) in [6.07, 6.45) is 1.55. The van der Waals surface area contributed by atoms with Crippen molar-refractivity contribution in [3.05, 3.63) is 35.4 Å². The number of aryl methyl sites for hydroxylation is 1. The highest BCUT2D eigenvalue weighted by Crippen LogP contribution is 2.13. The molecule has 0 spiro atoms. The number of benzene rings is 1. The zero-order valence-corrected chi connectivity index (χ0v) is 9.69. The minimum atomic E-state index is -0.0974. The van der Waals surface area contributed by atoms with E-state index < -0.39 is 0 Å². The highest BCUT2D eigenvalue weighted by Gasteiger charge is 2.19. The summed E-state index contributed by atoms with van der Waals surface area (Å²) >= 11 is 0. The van der Waals surface area contributed by atoms with Gasteiger partial charge in [0.2, 0.25) is 0 Å². The Balaban J connectivity index is 1.84. The van der Waals surface area contributed by atoms with E-state index in [2.05, 4.69) is 31.2 Å². The molecule has 0 bridgehead atoms. The van der Waals surface area contributed by atoms with Crippen molar-refractivity contribution in [3.8, 4) is 0 Å². The maximum Gasteiger partial charge on any atom is 0.159 e. The van der Waals surface area contributed by atoms with Gasteiger partial charge < -0.3 is 15.2 Å². The van der Waals surface area contributed by atoms with Crippen LogP contribution in [0.5, 0.6) is 0 Å². The van der Waals surface area contributed by atoms with Gasteiger partial charge in [0, 0.05) is 12.5 Å². The third-order valence-electron chi connectivity index (χ3n) is 2.77. The number of hydrogen-bond acceptors (Lipinski definition) is 3. The molecule has 1 fully saturated rings. The van der Waals surface area contributed by atoms with Crippen molar-refractivity contribution in [2.45, 2.75) is 32.1 Å². The molecule has 1 atom stereocenters. The summed E-state index contributed by atoms with van der Waals surface area (Å²) in [5.74, 6) is 0. The van der Waals surface area contributed by atoms with Crippen molar-refractivity contribution in [3.63, 3.8) is 0 Å². The SMILES string of the molecule is Cc1cccc(CC(N)CC2OCCO2)c1. The maximum absolute atomic E-state index is 6.08. The van der Waals surface area contributed by atoms with Crippen LogP contribution in [0.2, 0.25) is 0 Å². The zero-order chi connectivity index (χ0) is 11.4. The highest BCUT2D eigenvalue weighted by atomic mass is 16.7. The van der Waals surface area contributed by atoms with Gasteiger partial charge in [0.15, 0.2) is 6.29 Å². The molecule has 88 valence electrons. The minimum Gasteiger partial charge on any atom is -0.350 e. The Morgan fingerprint density at radius 2 is 2.12 bits per heavy atom. The van der Waals surface area contributed by atoms with E-state index in [1.807, 2.05) is 0 Å². The molecule has 3 heteroatoms. The van der Waals surface area contributed by atoms with Crippen LogP contribution in [-0.4, -0.2) is 25.5 Å². The Kier molecular flexibility index (Phi) is 3.93. The maximum atomic E-state index is 6.08. The van der Waals surface area contributed by atoms with Crippen molar-refractivity contribution in [1.29, 1.82) is 0 Å². The molecule has 1 aliphatic heterocycles. The van der Waals surface area contributed by atoms with Crippen molar-refractivity contribution >= 4 is 0 Å². The van der Waals surface area contributed by atoms with Gasteiger partial charge >= 0.3 is 0 Å². The van der Waals surface area contributed by atoms with Gasteiger partial charge in [-0.05, 0) is 18.9 Å². The van der Waals surface area contributed by atoms with E-state index in [0.29, 0.717) is 13.2 Å². The van der Waals surface area contributed by atoms with Gasteiger partial charge in [0.1, 0.15) is 0 Å². The third kappa shape index (κ3) is 3.30. The van der Waals surface area contributed by atoms with Crippen LogP contribution in [-0.2, 0) is 15.9 Å². The van der Waals surface area contributed by atoms with Gasteiger partial charge in [-0.2, -0.15) is 0 Å². The topological polar surface area (TPSA) is 44.5 Å². The van der Waals surface area contributed by atoms with Gasteiger partial charge in [-0.25, -0.2) is 0 Å². The summed E-state index contributed by atoms with van der Waals surface area (Å²) in [6.45, 7) is 3.49. The molecule has 1 unspecified atom stereocenters. The largest absolute Gasteiger partial charge is 0.350 e. The van der Waals surface area contributed by atoms with E-state index in [9.17, 15) is 0 Å². The Hall–Kier alpha value is -0.900. The summed E-state index contributed by atoms with van der Waals surface area (Å²) in [6, 6.07) is 8.56. The van der Waals surface area contributed by atoms with Crippen LogP contribution in [0.15, 0.2) is 24.3 Å². The lowest BCUT2D eigenvalue weighted by Crippen LogP contribution is -2.28. The van der Waals surface area contributed by atoms with Crippen LogP contribution in [0, 0.1) is 6.92 Å². The van der Waals surface area contributed by atoms with Gasteiger partial charge in [0.25, 0.3) is 0 Å². The van der Waals surface area contributed by atoms with Crippen molar-refractivity contribution in [2.24, 2.45) is 5.73 Å². The highest BCUT2D eigenvalue weighted by molar-refractivity contribution is 5.22. The third-order valence-corrected chi connectivity index (χ3v) is 2.77. The molecule has 3 nitrogen and oxygen atoms in total. The Bertz CT molecular complexity index is 334. The normalized spacial score (nSPS) is 18.9. The van der Waals surface area contributed by atoms with Crippen LogP contribution in [0.1, 0.15) is 17.5 Å². The molecule has 1 aromatic rings. The smallest absolute Gasteiger partial charge is 0.159 e. The molecule has 16 heavy (non-hydrogen) atoms. The van der Waals surface area contributed by atoms with Crippen LogP contribution >= 0.6 is 0 Å². The first-order chi connectivity index (χ1) is 7.74. The first kappa shape index (κ1) is 11.6. The number of nitrogens with two attached hydrogens (primary N) is 1. The van der Waals surface area contributed by atoms with E-state index in [1.54, 1.807) is 0 Å². The number of rotatable bonds is 4. The second kappa shape index (κ2) is 5.43. The summed E-state index contributed by atoms with van der Waals surface area (Å²) < 4.78 is 10.8. The quantitative estimate of drug-likeness (QED) is 0.840. The van der Waals surface area contributed by atoms with E-state index in [0.717, 1.165) is 12.8 Å². The molecule has 0 saturated carbocycles. The fourth-order valence-electron chi connectivity index (χ4n) is 2.02. The fourth-order valence-corrected chi connectivity index (χ4v) is 2.02. The lowest BCUT2D eigenvalue weighted by atomic mass is 10.0. The van der Waals surface area contributed by atoms with Crippen LogP contribution in [0.4, 0.5) is 0 Å². The van der Waals surface area contributed by atoms with Crippen molar-refractivity contribution in [2.75, 3.05) is 13.2 Å². The molecule has 2 rings (SSSR count). The van der Waals surface area contributed by atoms with Crippen LogP contribution < -0.4 is 5.73 Å². The van der Waals surface area contributed by atoms with Crippen LogP contribution in [0.3, 0.4) is 0 Å². The predicted octanol–water partition coefficient (Wildman–Crippen LogP) is 1.63. The second-order valence-electron chi connectivity index (χ2n) is 4.36. The molecular formula is C13H19NO2. The number of hydrogen-bond donors (Lipinski definition) is 1. The molecule has 0 aromatic heterocycles. The Morgan fingerprint density at radius 3 is 2.81 bits per heavy atom. The summed E-state index contributed by atoms with van der Waals surface area (Å²) in [7, 11) is 0. The van der Waals surface area contributed by atoms with Gasteiger partial charge in [-0.15, -0.1) is 0 Å². The second-order valence-corrected chi connectivity index (χ2v) is 4.36. The Labute approximate surface area is 96.5 Å². The fraction of sp³-hybridized carbons (Fsp3) is 0.538. The molecule has 0 radical (unpaired) electrons. The summed E-state index contributed by atoms with van der Waals surface area (Å²) in [5, 5.41) is 0. The summed E-state index contributed by atoms with van der Waals surface area (Å²) in [5.41, 5.74) is 8.63. The van der Waals surface area contributed by atoms with E-state index in [1.165, 1.54) is 11.1 Å². The van der Waals surface area contributed by atoms with Crippen molar-refractivity contribution in [1.82, 2.24) is 0 Å². The van der Waals surface area contributed by atoms with Crippen LogP contribution in [0.25, 0.3) is 0 Å². The number of ether oxygens (including phenoxy) is 2. The molecule has 1 aromatic carbocycles. The molecule has 1 saturated heterocycles. The monoisotopic (exact) mass is 221 g/mol. The predicted molar refractivity (Wildman–Crippen MR) is 63.2 cm³/mol. The Morgan fingerprint density at radius 1 is 1.38 bits per heavy atom. The zero-order valence-electron chi connectivity index (χ0n) is 9.69. The van der Waals surface area contributed by atoms with Gasteiger partial charge in [0.05, 0.1) is 13.2 Å². The van der Waals surface area contributed by atoms with Crippen molar-refractivity contribution < 1.29 is 9.47 Å². The van der Waals surface area contributed by atoms with E-state index in [-0.39, 0.29) is 12.3 Å². The average molecular weight is 221 g/mol. The van der Waals surface area contributed by atoms with Gasteiger partial charge in [-0.1, -0.05) is 29.8 Å². The van der Waals surface area contributed by atoms with Gasteiger partial charge in [-0.3, -0.25) is 0 Å². The molecule has 0 amide bonds. The average Bonchev–Trinajstić information content (AvgIpc) is 2.70.